The normalized spacial score (nSPS) is 10.2. The van der Waals surface area contributed by atoms with Gasteiger partial charge in [-0.25, -0.2) is 0 Å². The number of aryl methyl sites for hydroxylation is 1. The molecule has 0 unspecified atom stereocenters. The number of aromatic nitrogens is 2. The van der Waals surface area contributed by atoms with E-state index < -0.39 is 22.3 Å². The Morgan fingerprint density at radius 2 is 2.26 bits per heavy atom. The number of carbonyl (C=O) groups is 1. The summed E-state index contributed by atoms with van der Waals surface area (Å²) in [7, 11) is 0. The number of benzene rings is 1. The van der Waals surface area contributed by atoms with Gasteiger partial charge in [-0.2, -0.15) is 4.39 Å². The second kappa shape index (κ2) is 5.06. The smallest absolute Gasteiger partial charge is 0.305 e. The van der Waals surface area contributed by atoms with Gasteiger partial charge in [0, 0.05) is 23.2 Å². The molecule has 0 atom stereocenters. The summed E-state index contributed by atoms with van der Waals surface area (Å²) in [5.41, 5.74) is -0.405. The van der Waals surface area contributed by atoms with Gasteiger partial charge in [0.05, 0.1) is 11.1 Å². The molecule has 1 N–H and O–H groups in total. The van der Waals surface area contributed by atoms with Crippen LogP contribution in [0.4, 0.5) is 15.1 Å². The number of rotatable bonds is 3. The molecule has 0 aliphatic heterocycles. The molecular formula is C10H7FN4O3S. The van der Waals surface area contributed by atoms with Crippen LogP contribution < -0.4 is 5.32 Å². The van der Waals surface area contributed by atoms with Gasteiger partial charge in [-0.1, -0.05) is 4.49 Å². The van der Waals surface area contributed by atoms with Crippen molar-refractivity contribution < 1.29 is 14.1 Å². The number of amides is 1. The zero-order valence-corrected chi connectivity index (χ0v) is 10.4. The second-order valence-electron chi connectivity index (χ2n) is 3.61. The molecule has 0 radical (unpaired) electrons. The number of nitro benzene ring substituents is 1. The van der Waals surface area contributed by atoms with Crippen molar-refractivity contribution in [2.75, 3.05) is 5.32 Å². The Labute approximate surface area is 110 Å². The highest BCUT2D eigenvalue weighted by Crippen LogP contribution is 2.23. The number of hydrogen-bond donors (Lipinski definition) is 1. The van der Waals surface area contributed by atoms with E-state index in [-0.39, 0.29) is 5.56 Å². The number of anilines is 1. The van der Waals surface area contributed by atoms with E-state index in [1.807, 2.05) is 0 Å². The maximum Gasteiger partial charge on any atom is 0.305 e. The average Bonchev–Trinajstić information content (AvgIpc) is 2.81. The number of nitrogens with one attached hydrogen (secondary N) is 1. The molecule has 7 nitrogen and oxygen atoms in total. The van der Waals surface area contributed by atoms with E-state index in [2.05, 4.69) is 14.9 Å². The van der Waals surface area contributed by atoms with Crippen LogP contribution in [0.3, 0.4) is 0 Å². The first kappa shape index (κ1) is 13.0. The number of carbonyl (C=O) groups excluding carboxylic acids is 1. The third-order valence-electron chi connectivity index (χ3n) is 2.33. The first-order chi connectivity index (χ1) is 8.99. The van der Waals surface area contributed by atoms with Crippen molar-refractivity contribution in [3.8, 4) is 0 Å². The zero-order chi connectivity index (χ0) is 14.0. The number of halogens is 1. The Kier molecular flexibility index (Phi) is 3.47. The van der Waals surface area contributed by atoms with Crippen molar-refractivity contribution >= 4 is 28.1 Å². The fourth-order valence-electron chi connectivity index (χ4n) is 1.45. The summed E-state index contributed by atoms with van der Waals surface area (Å²) >= 11 is 0.964. The van der Waals surface area contributed by atoms with Crippen LogP contribution in [0.1, 0.15) is 15.9 Å². The highest BCUT2D eigenvalue weighted by molar-refractivity contribution is 7.10. The molecule has 1 aromatic heterocycles. The van der Waals surface area contributed by atoms with Crippen LogP contribution in [0.25, 0.3) is 0 Å². The molecule has 0 fully saturated rings. The van der Waals surface area contributed by atoms with Gasteiger partial charge in [-0.05, 0) is 18.6 Å². The van der Waals surface area contributed by atoms with Crippen molar-refractivity contribution in [2.24, 2.45) is 0 Å². The van der Waals surface area contributed by atoms with Crippen molar-refractivity contribution in [3.63, 3.8) is 0 Å². The van der Waals surface area contributed by atoms with Crippen molar-refractivity contribution in [3.05, 3.63) is 45.4 Å². The lowest BCUT2D eigenvalue weighted by Crippen LogP contribution is -2.13. The summed E-state index contributed by atoms with van der Waals surface area (Å²) in [6.07, 6.45) is 1.34. The monoisotopic (exact) mass is 282 g/mol. The highest BCUT2D eigenvalue weighted by atomic mass is 32.1. The van der Waals surface area contributed by atoms with Gasteiger partial charge in [0.25, 0.3) is 5.91 Å². The molecule has 2 rings (SSSR count). The van der Waals surface area contributed by atoms with E-state index in [1.54, 1.807) is 0 Å². The van der Waals surface area contributed by atoms with Crippen molar-refractivity contribution in [2.45, 2.75) is 6.92 Å². The maximum atomic E-state index is 13.3. The van der Waals surface area contributed by atoms with E-state index in [9.17, 15) is 19.3 Å². The quantitative estimate of drug-likeness (QED) is 0.687. The van der Waals surface area contributed by atoms with Gasteiger partial charge in [0.1, 0.15) is 5.00 Å². The van der Waals surface area contributed by atoms with Crippen LogP contribution in [-0.4, -0.2) is 20.4 Å². The minimum Gasteiger partial charge on any atom is -0.311 e. The van der Waals surface area contributed by atoms with Crippen LogP contribution in [0.15, 0.2) is 18.3 Å². The fraction of sp³-hybridized carbons (Fsp3) is 0.100. The first-order valence-electron chi connectivity index (χ1n) is 5.02. The van der Waals surface area contributed by atoms with Gasteiger partial charge in [0.2, 0.25) is 5.82 Å². The molecule has 0 saturated heterocycles. The highest BCUT2D eigenvalue weighted by Gasteiger charge is 2.20. The van der Waals surface area contributed by atoms with E-state index in [0.717, 1.165) is 23.7 Å². The molecule has 98 valence electrons. The molecule has 1 heterocycles. The van der Waals surface area contributed by atoms with Gasteiger partial charge < -0.3 is 5.32 Å². The molecular weight excluding hydrogens is 275 g/mol. The van der Waals surface area contributed by atoms with E-state index >= 15 is 0 Å². The van der Waals surface area contributed by atoms with Gasteiger partial charge in [-0.3, -0.25) is 14.9 Å². The van der Waals surface area contributed by atoms with E-state index in [1.165, 1.54) is 13.1 Å². The Balaban J connectivity index is 2.36. The summed E-state index contributed by atoms with van der Waals surface area (Å²) < 4.78 is 16.9. The molecule has 1 amide bonds. The Morgan fingerprint density at radius 1 is 1.53 bits per heavy atom. The third kappa shape index (κ3) is 2.71. The minimum absolute atomic E-state index is 0.0292. The first-order valence-corrected chi connectivity index (χ1v) is 5.79. The lowest BCUT2D eigenvalue weighted by atomic mass is 10.1. The summed E-state index contributed by atoms with van der Waals surface area (Å²) in [5, 5.41) is 17.1. The van der Waals surface area contributed by atoms with Crippen LogP contribution in [0, 0.1) is 22.9 Å². The molecule has 1 aromatic carbocycles. The lowest BCUT2D eigenvalue weighted by Gasteiger charge is -2.05. The second-order valence-corrected chi connectivity index (χ2v) is 4.40. The molecule has 0 aliphatic carbocycles. The molecule has 0 saturated carbocycles. The molecule has 0 bridgehead atoms. The number of nitrogens with zero attached hydrogens (tertiary/aromatic N) is 3. The van der Waals surface area contributed by atoms with E-state index in [4.69, 9.17) is 0 Å². The Bertz CT molecular complexity index is 644. The Hall–Kier alpha value is -2.42. The molecule has 9 heteroatoms. The standard InChI is InChI=1S/C10H7FN4O3S/c1-5-2-7(11)8(15(17)18)3-6(5)10(16)13-9-4-12-14-19-9/h2-4H,1H3,(H,13,16). The predicted molar refractivity (Wildman–Crippen MR) is 65.7 cm³/mol. The average molecular weight is 282 g/mol. The van der Waals surface area contributed by atoms with Gasteiger partial charge in [0.15, 0.2) is 0 Å². The molecule has 2 aromatic rings. The maximum absolute atomic E-state index is 13.3. The van der Waals surface area contributed by atoms with Crippen LogP contribution >= 0.6 is 11.5 Å². The molecule has 0 aliphatic rings. The summed E-state index contributed by atoms with van der Waals surface area (Å²) in [6.45, 7) is 1.49. The van der Waals surface area contributed by atoms with Gasteiger partial charge >= 0.3 is 5.69 Å². The van der Waals surface area contributed by atoms with Crippen LogP contribution in [-0.2, 0) is 0 Å². The zero-order valence-electron chi connectivity index (χ0n) is 9.58. The number of nitro groups is 1. The van der Waals surface area contributed by atoms with E-state index in [0.29, 0.717) is 10.6 Å². The molecule has 0 spiro atoms. The SMILES string of the molecule is Cc1cc(F)c([N+](=O)[O-])cc1C(=O)Nc1cnns1. The number of hydrogen-bond acceptors (Lipinski definition) is 6. The summed E-state index contributed by atoms with van der Waals surface area (Å²) in [4.78, 5) is 21.7. The third-order valence-corrected chi connectivity index (χ3v) is 2.91. The van der Waals surface area contributed by atoms with Crippen LogP contribution in [0.5, 0.6) is 0 Å². The molecule has 19 heavy (non-hydrogen) atoms. The lowest BCUT2D eigenvalue weighted by molar-refractivity contribution is -0.387. The topological polar surface area (TPSA) is 98.0 Å². The predicted octanol–water partition coefficient (Wildman–Crippen LogP) is 2.15. The summed E-state index contributed by atoms with van der Waals surface area (Å²) in [6, 6.07) is 1.87. The Morgan fingerprint density at radius 3 is 2.84 bits per heavy atom. The minimum atomic E-state index is -0.974. The van der Waals surface area contributed by atoms with Gasteiger partial charge in [-0.15, -0.1) is 5.10 Å². The van der Waals surface area contributed by atoms with Crippen LogP contribution in [0.2, 0.25) is 0 Å². The largest absolute Gasteiger partial charge is 0.311 e. The summed E-state index contributed by atoms with van der Waals surface area (Å²) in [5.74, 6) is -1.55. The fourth-order valence-corrected chi connectivity index (χ4v) is 1.86. The van der Waals surface area contributed by atoms with Crippen molar-refractivity contribution in [1.82, 2.24) is 9.59 Å². The van der Waals surface area contributed by atoms with Crippen molar-refractivity contribution in [1.29, 1.82) is 0 Å².